The number of rotatable bonds is 3. The maximum absolute atomic E-state index is 12.9. The van der Waals surface area contributed by atoms with Crippen molar-refractivity contribution < 1.29 is 13.2 Å². The Kier molecular flexibility index (Phi) is 4.64. The highest BCUT2D eigenvalue weighted by molar-refractivity contribution is 8.00. The zero-order valence-corrected chi connectivity index (χ0v) is 11.9. The monoisotopic (exact) mass is 306 g/mol. The Morgan fingerprint density at radius 2 is 2.25 bits per heavy atom. The fourth-order valence-electron chi connectivity index (χ4n) is 2.09. The minimum absolute atomic E-state index is 0.0288. The molecule has 1 atom stereocenters. The summed E-state index contributed by atoms with van der Waals surface area (Å²) in [6.45, 7) is 3.48. The van der Waals surface area contributed by atoms with Crippen molar-refractivity contribution in [3.63, 3.8) is 0 Å². The number of nitrogen functional groups attached to an aromatic ring is 1. The summed E-state index contributed by atoms with van der Waals surface area (Å²) in [6, 6.07) is 2.00. The Morgan fingerprint density at radius 3 is 2.85 bits per heavy atom. The smallest absolute Gasteiger partial charge is 0.355 e. The summed E-state index contributed by atoms with van der Waals surface area (Å²) in [5, 5.41) is 0.425. The van der Waals surface area contributed by atoms with Gasteiger partial charge in [0.15, 0.2) is 0 Å². The van der Waals surface area contributed by atoms with Crippen molar-refractivity contribution in [3.05, 3.63) is 17.7 Å². The maximum Gasteiger partial charge on any atom is 0.416 e. The van der Waals surface area contributed by atoms with Crippen molar-refractivity contribution >= 4 is 23.4 Å². The highest BCUT2D eigenvalue weighted by atomic mass is 32.2. The first-order valence-corrected chi connectivity index (χ1v) is 7.41. The molecule has 0 amide bonds. The molecule has 0 saturated carbocycles. The summed E-state index contributed by atoms with van der Waals surface area (Å²) in [5.41, 5.74) is 1.47. The molecule has 0 bridgehead atoms. The lowest BCUT2D eigenvalue weighted by Crippen LogP contribution is -2.38. The van der Waals surface area contributed by atoms with Gasteiger partial charge in [0.2, 0.25) is 0 Å². The van der Waals surface area contributed by atoms with Crippen LogP contribution in [0.2, 0.25) is 0 Å². The summed E-state index contributed by atoms with van der Waals surface area (Å²) in [5.74, 6) is 6.46. The minimum Gasteiger partial charge on any atom is -0.355 e. The van der Waals surface area contributed by atoms with Crippen LogP contribution in [-0.4, -0.2) is 29.1 Å². The molecule has 1 aromatic rings. The van der Waals surface area contributed by atoms with E-state index in [-0.39, 0.29) is 5.82 Å². The third-order valence-corrected chi connectivity index (χ3v) is 4.58. The van der Waals surface area contributed by atoms with Crippen molar-refractivity contribution in [2.24, 2.45) is 5.84 Å². The molecule has 1 unspecified atom stereocenters. The van der Waals surface area contributed by atoms with E-state index in [9.17, 15) is 13.2 Å². The Morgan fingerprint density at radius 1 is 1.50 bits per heavy atom. The molecule has 20 heavy (non-hydrogen) atoms. The highest BCUT2D eigenvalue weighted by Gasteiger charge is 2.32. The van der Waals surface area contributed by atoms with E-state index in [0.717, 1.165) is 24.3 Å². The van der Waals surface area contributed by atoms with E-state index in [4.69, 9.17) is 5.84 Å². The number of anilines is 2. The van der Waals surface area contributed by atoms with Gasteiger partial charge in [0.25, 0.3) is 0 Å². The quantitative estimate of drug-likeness (QED) is 0.664. The third kappa shape index (κ3) is 3.49. The fraction of sp³-hybridized carbons (Fsp3) is 0.583. The number of pyridine rings is 1. The number of nitrogens with zero attached hydrogens (tertiary/aromatic N) is 2. The summed E-state index contributed by atoms with van der Waals surface area (Å²) >= 11 is 1.85. The Hall–Kier alpha value is -1.15. The van der Waals surface area contributed by atoms with E-state index < -0.39 is 11.7 Å². The second kappa shape index (κ2) is 6.09. The molecule has 3 N–H and O–H groups in total. The van der Waals surface area contributed by atoms with Crippen LogP contribution >= 0.6 is 11.8 Å². The molecule has 0 aliphatic carbocycles. The van der Waals surface area contributed by atoms with Crippen LogP contribution in [0.3, 0.4) is 0 Å². The topological polar surface area (TPSA) is 54.2 Å². The number of alkyl halides is 3. The molecule has 2 heterocycles. The Labute approximate surface area is 119 Å². The van der Waals surface area contributed by atoms with Gasteiger partial charge in [0.1, 0.15) is 11.6 Å². The lowest BCUT2D eigenvalue weighted by molar-refractivity contribution is -0.137. The summed E-state index contributed by atoms with van der Waals surface area (Å²) in [4.78, 5) is 6.03. The average Bonchev–Trinajstić information content (AvgIpc) is 2.46. The molecule has 0 spiro atoms. The average molecular weight is 306 g/mol. The summed E-state index contributed by atoms with van der Waals surface area (Å²) in [7, 11) is 0. The number of nitrogens with two attached hydrogens (primary N) is 1. The lowest BCUT2D eigenvalue weighted by atomic mass is 10.2. The standard InChI is InChI=1S/C12H17F3N4S/c1-2-9-7-19(3-4-20-9)11-6-8(12(13,14)15)5-10(17-11)18-16/h5-6,9H,2-4,7,16H2,1H3,(H,17,18). The van der Waals surface area contributed by atoms with Gasteiger partial charge in [-0.2, -0.15) is 24.9 Å². The van der Waals surface area contributed by atoms with Gasteiger partial charge in [-0.15, -0.1) is 0 Å². The molecule has 0 aromatic carbocycles. The van der Waals surface area contributed by atoms with Crippen LogP contribution in [-0.2, 0) is 6.18 Å². The number of halogens is 3. The third-order valence-electron chi connectivity index (χ3n) is 3.21. The number of hydrogen-bond acceptors (Lipinski definition) is 5. The van der Waals surface area contributed by atoms with Gasteiger partial charge >= 0.3 is 6.18 Å². The van der Waals surface area contributed by atoms with Gasteiger partial charge in [0.05, 0.1) is 5.56 Å². The summed E-state index contributed by atoms with van der Waals surface area (Å²) < 4.78 is 38.6. The zero-order valence-electron chi connectivity index (χ0n) is 11.1. The van der Waals surface area contributed by atoms with Crippen molar-refractivity contribution in [3.8, 4) is 0 Å². The van der Waals surface area contributed by atoms with E-state index in [0.29, 0.717) is 24.2 Å². The van der Waals surface area contributed by atoms with Crippen LogP contribution in [0.15, 0.2) is 12.1 Å². The van der Waals surface area contributed by atoms with Gasteiger partial charge in [-0.3, -0.25) is 0 Å². The second-order valence-electron chi connectivity index (χ2n) is 4.59. The van der Waals surface area contributed by atoms with Crippen molar-refractivity contribution in [1.29, 1.82) is 0 Å². The highest BCUT2D eigenvalue weighted by Crippen LogP contribution is 2.34. The van der Waals surface area contributed by atoms with E-state index >= 15 is 0 Å². The van der Waals surface area contributed by atoms with Crippen LogP contribution in [0, 0.1) is 0 Å². The van der Waals surface area contributed by atoms with Crippen LogP contribution in [0.25, 0.3) is 0 Å². The molecule has 8 heteroatoms. The molecule has 1 saturated heterocycles. The molecule has 1 aromatic heterocycles. The van der Waals surface area contributed by atoms with Gasteiger partial charge in [-0.25, -0.2) is 10.8 Å². The molecule has 4 nitrogen and oxygen atoms in total. The van der Waals surface area contributed by atoms with Crippen LogP contribution in [0.4, 0.5) is 24.8 Å². The normalized spacial score (nSPS) is 20.1. The van der Waals surface area contributed by atoms with E-state index in [1.807, 2.05) is 16.7 Å². The number of thioether (sulfide) groups is 1. The zero-order chi connectivity index (χ0) is 14.8. The van der Waals surface area contributed by atoms with Crippen LogP contribution < -0.4 is 16.2 Å². The van der Waals surface area contributed by atoms with Gasteiger partial charge in [0, 0.05) is 24.1 Å². The molecule has 112 valence electrons. The molecule has 1 aliphatic rings. The Bertz CT molecular complexity index is 467. The fourth-order valence-corrected chi connectivity index (χ4v) is 3.27. The minimum atomic E-state index is -4.40. The second-order valence-corrected chi connectivity index (χ2v) is 6.00. The van der Waals surface area contributed by atoms with E-state index in [1.165, 1.54) is 0 Å². The van der Waals surface area contributed by atoms with E-state index in [2.05, 4.69) is 17.3 Å². The molecule has 1 aliphatic heterocycles. The SMILES string of the molecule is CCC1CN(c2cc(C(F)(F)F)cc(NN)n2)CCS1. The number of hydrogen-bond donors (Lipinski definition) is 2. The molecule has 0 radical (unpaired) electrons. The largest absolute Gasteiger partial charge is 0.416 e. The van der Waals surface area contributed by atoms with Crippen molar-refractivity contribution in [2.45, 2.75) is 24.8 Å². The molecular weight excluding hydrogens is 289 g/mol. The molecule has 1 fully saturated rings. The van der Waals surface area contributed by atoms with Crippen molar-refractivity contribution in [2.75, 3.05) is 29.2 Å². The van der Waals surface area contributed by atoms with Crippen molar-refractivity contribution in [1.82, 2.24) is 4.98 Å². The predicted octanol–water partition coefficient (Wildman–Crippen LogP) is 2.72. The van der Waals surface area contributed by atoms with Gasteiger partial charge in [-0.05, 0) is 18.6 Å². The first-order valence-electron chi connectivity index (χ1n) is 6.36. The first-order chi connectivity index (χ1) is 9.44. The molecular formula is C12H17F3N4S. The number of nitrogens with one attached hydrogen (secondary N) is 1. The van der Waals surface area contributed by atoms with Crippen LogP contribution in [0.1, 0.15) is 18.9 Å². The predicted molar refractivity (Wildman–Crippen MR) is 75.8 cm³/mol. The van der Waals surface area contributed by atoms with Crippen LogP contribution in [0.5, 0.6) is 0 Å². The Balaban J connectivity index is 2.30. The number of hydrazine groups is 1. The van der Waals surface area contributed by atoms with Gasteiger partial charge in [-0.1, -0.05) is 6.92 Å². The van der Waals surface area contributed by atoms with Gasteiger partial charge < -0.3 is 10.3 Å². The number of aromatic nitrogens is 1. The molecule has 2 rings (SSSR count). The van der Waals surface area contributed by atoms with E-state index in [1.54, 1.807) is 0 Å². The lowest BCUT2D eigenvalue weighted by Gasteiger charge is -2.33. The summed E-state index contributed by atoms with van der Waals surface area (Å²) in [6.07, 6.45) is -3.42. The first kappa shape index (κ1) is 15.2. The maximum atomic E-state index is 12.9.